The van der Waals surface area contributed by atoms with Crippen molar-refractivity contribution in [3.8, 4) is 11.8 Å². The van der Waals surface area contributed by atoms with Crippen LogP contribution in [0.15, 0.2) is 35.5 Å². The molecule has 134 valence electrons. The number of nitriles is 1. The Labute approximate surface area is 155 Å². The number of aliphatic hydroxyl groups is 1. The molecule has 8 heteroatoms. The van der Waals surface area contributed by atoms with Crippen molar-refractivity contribution in [1.29, 1.82) is 5.26 Å². The molecule has 0 fully saturated rings. The molecule has 7 nitrogen and oxygen atoms in total. The van der Waals surface area contributed by atoms with Crippen LogP contribution in [0.2, 0.25) is 0 Å². The molecular weight excluding hydrogens is 350 g/mol. The van der Waals surface area contributed by atoms with Gasteiger partial charge in [0.25, 0.3) is 5.78 Å². The zero-order valence-electron chi connectivity index (χ0n) is 14.6. The van der Waals surface area contributed by atoms with E-state index in [0.717, 1.165) is 17.0 Å². The normalized spacial score (nSPS) is 12.1. The lowest BCUT2D eigenvalue weighted by Gasteiger charge is -2.11. The first-order valence-corrected chi connectivity index (χ1v) is 9.14. The maximum atomic E-state index is 10.1. The Hall–Kier alpha value is -2.63. The second-order valence-electron chi connectivity index (χ2n) is 5.90. The fourth-order valence-electron chi connectivity index (χ4n) is 2.42. The zero-order chi connectivity index (χ0) is 18.5. The molecule has 0 unspecified atom stereocenters. The van der Waals surface area contributed by atoms with Crippen LogP contribution < -0.4 is 4.74 Å². The van der Waals surface area contributed by atoms with E-state index in [1.165, 1.54) is 11.8 Å². The van der Waals surface area contributed by atoms with Gasteiger partial charge in [-0.1, -0.05) is 23.9 Å². The van der Waals surface area contributed by atoms with E-state index in [1.54, 1.807) is 16.6 Å². The van der Waals surface area contributed by atoms with Gasteiger partial charge in [-0.2, -0.15) is 10.2 Å². The number of nitrogens with zero attached hydrogens (tertiary/aromatic N) is 5. The molecule has 2 heterocycles. The molecule has 3 aromatic rings. The molecule has 0 saturated heterocycles. The summed E-state index contributed by atoms with van der Waals surface area (Å²) >= 11 is 1.36. The predicted molar refractivity (Wildman–Crippen MR) is 98.2 cm³/mol. The van der Waals surface area contributed by atoms with Crippen LogP contribution in [-0.4, -0.2) is 43.2 Å². The van der Waals surface area contributed by atoms with E-state index in [0.29, 0.717) is 28.9 Å². The van der Waals surface area contributed by atoms with E-state index >= 15 is 0 Å². The highest BCUT2D eigenvalue weighted by atomic mass is 32.2. The molecule has 26 heavy (non-hydrogen) atoms. The number of fused-ring (bicyclic) bond motifs is 1. The van der Waals surface area contributed by atoms with Crippen molar-refractivity contribution in [1.82, 2.24) is 19.6 Å². The Balaban J connectivity index is 1.51. The summed E-state index contributed by atoms with van der Waals surface area (Å²) in [4.78, 5) is 8.73. The van der Waals surface area contributed by atoms with Gasteiger partial charge in [-0.05, 0) is 37.6 Å². The molecule has 2 aromatic heterocycles. The summed E-state index contributed by atoms with van der Waals surface area (Å²) in [5.41, 5.74) is 2.80. The number of thioether (sulfide) groups is 1. The summed E-state index contributed by atoms with van der Waals surface area (Å²) < 4.78 is 7.27. The maximum Gasteiger partial charge on any atom is 0.253 e. The van der Waals surface area contributed by atoms with E-state index in [9.17, 15) is 5.11 Å². The molecule has 0 aliphatic carbocycles. The Morgan fingerprint density at radius 1 is 1.27 bits per heavy atom. The summed E-state index contributed by atoms with van der Waals surface area (Å²) in [6.45, 7) is 4.05. The summed E-state index contributed by atoms with van der Waals surface area (Å²) in [5, 5.41) is 23.8. The van der Waals surface area contributed by atoms with E-state index in [4.69, 9.17) is 10.00 Å². The van der Waals surface area contributed by atoms with Crippen LogP contribution in [-0.2, 0) is 6.42 Å². The molecular formula is C18H19N5O2S. The molecule has 0 bridgehead atoms. The molecule has 3 rings (SSSR count). The second-order valence-corrected chi connectivity index (χ2v) is 6.89. The number of benzene rings is 1. The average molecular weight is 369 g/mol. The highest BCUT2D eigenvalue weighted by Crippen LogP contribution is 2.17. The summed E-state index contributed by atoms with van der Waals surface area (Å²) in [6, 6.07) is 11.3. The van der Waals surface area contributed by atoms with Crippen molar-refractivity contribution in [2.45, 2.75) is 31.5 Å². The molecule has 1 aromatic carbocycles. The SMILES string of the molecule is Cc1cc(C)n2nc(SC[C@@H](O)COc3ccc(CC#N)cc3)nc2n1. The van der Waals surface area contributed by atoms with Crippen molar-refractivity contribution in [3.05, 3.63) is 47.3 Å². The third-order valence-corrected chi connectivity index (χ3v) is 4.64. The molecule has 0 radical (unpaired) electrons. The average Bonchev–Trinajstić information content (AvgIpc) is 3.03. The fraction of sp³-hybridized carbons (Fsp3) is 0.333. The monoisotopic (exact) mass is 369 g/mol. The molecule has 0 amide bonds. The number of aromatic nitrogens is 4. The van der Waals surface area contributed by atoms with Gasteiger partial charge in [0.1, 0.15) is 12.4 Å². The lowest BCUT2D eigenvalue weighted by molar-refractivity contribution is 0.126. The summed E-state index contributed by atoms with van der Waals surface area (Å²) in [7, 11) is 0. The Morgan fingerprint density at radius 2 is 2.04 bits per heavy atom. The van der Waals surface area contributed by atoms with E-state index in [1.807, 2.05) is 32.0 Å². The van der Waals surface area contributed by atoms with Crippen LogP contribution in [0.3, 0.4) is 0 Å². The third-order valence-electron chi connectivity index (χ3n) is 3.65. The number of rotatable bonds is 7. The minimum atomic E-state index is -0.652. The number of hydrogen-bond acceptors (Lipinski definition) is 7. The maximum absolute atomic E-state index is 10.1. The molecule has 0 saturated carbocycles. The molecule has 0 spiro atoms. The minimum absolute atomic E-state index is 0.175. The number of hydrogen-bond donors (Lipinski definition) is 1. The number of aryl methyl sites for hydroxylation is 2. The Morgan fingerprint density at radius 3 is 2.77 bits per heavy atom. The van der Waals surface area contributed by atoms with Crippen molar-refractivity contribution in [2.75, 3.05) is 12.4 Å². The first-order valence-electron chi connectivity index (χ1n) is 8.15. The van der Waals surface area contributed by atoms with Crippen LogP contribution >= 0.6 is 11.8 Å². The van der Waals surface area contributed by atoms with Crippen molar-refractivity contribution in [2.24, 2.45) is 0 Å². The lowest BCUT2D eigenvalue weighted by atomic mass is 10.2. The van der Waals surface area contributed by atoms with Gasteiger partial charge >= 0.3 is 0 Å². The smallest absolute Gasteiger partial charge is 0.253 e. The highest BCUT2D eigenvalue weighted by Gasteiger charge is 2.12. The van der Waals surface area contributed by atoms with E-state index < -0.39 is 6.10 Å². The van der Waals surface area contributed by atoms with Gasteiger partial charge in [0.15, 0.2) is 0 Å². The van der Waals surface area contributed by atoms with Crippen LogP contribution in [0.5, 0.6) is 5.75 Å². The van der Waals surface area contributed by atoms with Crippen LogP contribution in [0.1, 0.15) is 17.0 Å². The van der Waals surface area contributed by atoms with E-state index in [2.05, 4.69) is 21.1 Å². The summed E-state index contributed by atoms with van der Waals surface area (Å²) in [5.74, 6) is 1.65. The van der Waals surface area contributed by atoms with Gasteiger partial charge in [-0.3, -0.25) is 0 Å². The number of aliphatic hydroxyl groups excluding tert-OH is 1. The van der Waals surface area contributed by atoms with Gasteiger partial charge in [0, 0.05) is 17.1 Å². The van der Waals surface area contributed by atoms with Gasteiger partial charge in [-0.25, -0.2) is 9.50 Å². The Kier molecular flexibility index (Phi) is 5.71. The number of ether oxygens (including phenoxy) is 1. The van der Waals surface area contributed by atoms with Gasteiger partial charge < -0.3 is 9.84 Å². The zero-order valence-corrected chi connectivity index (χ0v) is 15.4. The minimum Gasteiger partial charge on any atom is -0.491 e. The van der Waals surface area contributed by atoms with Gasteiger partial charge in [-0.15, -0.1) is 5.10 Å². The lowest BCUT2D eigenvalue weighted by Crippen LogP contribution is -2.20. The first-order chi connectivity index (χ1) is 12.5. The van der Waals surface area contributed by atoms with Crippen LogP contribution in [0.4, 0.5) is 0 Å². The third kappa shape index (κ3) is 4.50. The van der Waals surface area contributed by atoms with Crippen molar-refractivity contribution < 1.29 is 9.84 Å². The van der Waals surface area contributed by atoms with Crippen LogP contribution in [0, 0.1) is 25.2 Å². The van der Waals surface area contributed by atoms with Crippen molar-refractivity contribution in [3.63, 3.8) is 0 Å². The quantitative estimate of drug-likeness (QED) is 0.639. The predicted octanol–water partition coefficient (Wildman–Crippen LogP) is 2.34. The molecule has 0 aliphatic heterocycles. The highest BCUT2D eigenvalue weighted by molar-refractivity contribution is 7.99. The van der Waals surface area contributed by atoms with Crippen LogP contribution in [0.25, 0.3) is 5.78 Å². The molecule has 1 atom stereocenters. The van der Waals surface area contributed by atoms with Gasteiger partial charge in [0.05, 0.1) is 18.6 Å². The molecule has 1 N–H and O–H groups in total. The first kappa shape index (κ1) is 18.2. The van der Waals surface area contributed by atoms with E-state index in [-0.39, 0.29) is 6.61 Å². The van der Waals surface area contributed by atoms with Crippen molar-refractivity contribution >= 4 is 17.5 Å². The second kappa shape index (κ2) is 8.17. The summed E-state index contributed by atoms with van der Waals surface area (Å²) in [6.07, 6.45) is -0.277. The fourth-order valence-corrected chi connectivity index (χ4v) is 3.14. The topological polar surface area (TPSA) is 96.3 Å². The standard InChI is InChI=1S/C18H19N5O2S/c1-12-9-13(2)23-17(20-12)21-18(22-23)26-11-15(24)10-25-16-5-3-14(4-6-16)7-8-19/h3-6,9,15,24H,7,10-11H2,1-2H3/t15-/m0/s1. The van der Waals surface area contributed by atoms with Gasteiger partial charge in [0.2, 0.25) is 5.16 Å². The molecule has 0 aliphatic rings. The Bertz CT molecular complexity index is 933. The largest absolute Gasteiger partial charge is 0.491 e.